The van der Waals surface area contributed by atoms with E-state index in [1.165, 1.54) is 6.07 Å². The van der Waals surface area contributed by atoms with Gasteiger partial charge in [-0.15, -0.1) is 0 Å². The largest absolute Gasteiger partial charge is 0.504 e. The molecule has 2 N–H and O–H groups in total. The van der Waals surface area contributed by atoms with Gasteiger partial charge in [-0.2, -0.15) is 0 Å². The summed E-state index contributed by atoms with van der Waals surface area (Å²) in [5.41, 5.74) is 3.11. The van der Waals surface area contributed by atoms with Gasteiger partial charge in [-0.25, -0.2) is 0 Å². The van der Waals surface area contributed by atoms with Crippen LogP contribution in [0.2, 0.25) is 0 Å². The van der Waals surface area contributed by atoms with Crippen molar-refractivity contribution >= 4 is 0 Å². The number of benzene rings is 2. The molecule has 2 aromatic carbocycles. The summed E-state index contributed by atoms with van der Waals surface area (Å²) >= 11 is 0. The summed E-state index contributed by atoms with van der Waals surface area (Å²) in [6.45, 7) is 2.01. The molecule has 2 aromatic rings. The third-order valence-corrected chi connectivity index (χ3v) is 2.43. The summed E-state index contributed by atoms with van der Waals surface area (Å²) in [4.78, 5) is 0. The highest BCUT2D eigenvalue weighted by Crippen LogP contribution is 2.31. The lowest BCUT2D eigenvalue weighted by atomic mass is 10.0. The summed E-state index contributed by atoms with van der Waals surface area (Å²) in [5.74, 6) is -0.178. The zero-order valence-corrected chi connectivity index (χ0v) is 8.44. The number of hydrogen-bond acceptors (Lipinski definition) is 2. The molecule has 15 heavy (non-hydrogen) atoms. The molecule has 0 aliphatic carbocycles. The molecule has 2 nitrogen and oxygen atoms in total. The fraction of sp³-hybridized carbons (Fsp3) is 0.0769. The van der Waals surface area contributed by atoms with Crippen molar-refractivity contribution in [2.24, 2.45) is 0 Å². The maximum absolute atomic E-state index is 9.40. The Kier molecular flexibility index (Phi) is 2.34. The average Bonchev–Trinajstić information content (AvgIpc) is 2.23. The Morgan fingerprint density at radius 2 is 1.60 bits per heavy atom. The van der Waals surface area contributed by atoms with Gasteiger partial charge in [0.15, 0.2) is 11.5 Å². The van der Waals surface area contributed by atoms with Gasteiger partial charge in [-0.3, -0.25) is 0 Å². The predicted molar refractivity (Wildman–Crippen MR) is 59.9 cm³/mol. The lowest BCUT2D eigenvalue weighted by Crippen LogP contribution is -1.82. The van der Waals surface area contributed by atoms with Gasteiger partial charge in [-0.05, 0) is 35.7 Å². The van der Waals surface area contributed by atoms with Crippen LogP contribution in [0.1, 0.15) is 5.56 Å². The molecule has 0 unspecified atom stereocenters. The van der Waals surface area contributed by atoms with Crippen LogP contribution in [0.5, 0.6) is 11.5 Å². The number of phenolic OH excluding ortho intramolecular Hbond substituents is 2. The Labute approximate surface area is 88.4 Å². The van der Waals surface area contributed by atoms with Crippen LogP contribution in [-0.4, -0.2) is 10.2 Å². The summed E-state index contributed by atoms with van der Waals surface area (Å²) in [6.07, 6.45) is 0. The van der Waals surface area contributed by atoms with E-state index in [1.807, 2.05) is 31.2 Å². The Balaban J connectivity index is 2.55. The van der Waals surface area contributed by atoms with Crippen LogP contribution in [0, 0.1) is 6.92 Å². The first-order chi connectivity index (χ1) is 7.18. The van der Waals surface area contributed by atoms with Crippen molar-refractivity contribution in [3.05, 3.63) is 48.0 Å². The fourth-order valence-electron chi connectivity index (χ4n) is 1.59. The minimum absolute atomic E-state index is 0.0873. The van der Waals surface area contributed by atoms with Crippen LogP contribution in [-0.2, 0) is 0 Å². The Hall–Kier alpha value is -1.96. The number of hydrogen-bond donors (Lipinski definition) is 2. The topological polar surface area (TPSA) is 40.5 Å². The molecule has 0 amide bonds. The van der Waals surface area contributed by atoms with E-state index in [0.29, 0.717) is 0 Å². The van der Waals surface area contributed by atoms with E-state index < -0.39 is 0 Å². The van der Waals surface area contributed by atoms with Crippen molar-refractivity contribution in [1.82, 2.24) is 0 Å². The van der Waals surface area contributed by atoms with Crippen LogP contribution in [0.3, 0.4) is 0 Å². The Morgan fingerprint density at radius 1 is 0.867 bits per heavy atom. The van der Waals surface area contributed by atoms with Gasteiger partial charge < -0.3 is 10.2 Å². The molecule has 2 rings (SSSR count). The molecule has 0 spiro atoms. The van der Waals surface area contributed by atoms with E-state index in [0.717, 1.165) is 16.7 Å². The summed E-state index contributed by atoms with van der Waals surface area (Å²) in [6, 6.07) is 12.8. The number of phenols is 2. The molecule has 76 valence electrons. The van der Waals surface area contributed by atoms with Gasteiger partial charge in [0.25, 0.3) is 0 Å². The van der Waals surface area contributed by atoms with Gasteiger partial charge in [0.1, 0.15) is 0 Å². The first kappa shape index (κ1) is 9.59. The van der Waals surface area contributed by atoms with Crippen molar-refractivity contribution in [2.45, 2.75) is 6.92 Å². The molecule has 0 aliphatic rings. The molecule has 0 atom stereocenters. The minimum atomic E-state index is -0.0904. The lowest BCUT2D eigenvalue weighted by molar-refractivity contribution is 0.404. The van der Waals surface area contributed by atoms with Crippen molar-refractivity contribution in [2.75, 3.05) is 0 Å². The van der Waals surface area contributed by atoms with Gasteiger partial charge >= 0.3 is 0 Å². The number of aryl methyl sites for hydroxylation is 1. The molecule has 0 saturated heterocycles. The fourth-order valence-corrected chi connectivity index (χ4v) is 1.59. The van der Waals surface area contributed by atoms with Crippen molar-refractivity contribution < 1.29 is 10.2 Å². The zero-order chi connectivity index (χ0) is 10.8. The van der Waals surface area contributed by atoms with Crippen LogP contribution in [0.25, 0.3) is 11.1 Å². The molecular weight excluding hydrogens is 188 g/mol. The third kappa shape index (κ3) is 1.79. The van der Waals surface area contributed by atoms with Gasteiger partial charge in [0.05, 0.1) is 0 Å². The molecule has 0 aliphatic heterocycles. The van der Waals surface area contributed by atoms with E-state index in [2.05, 4.69) is 0 Å². The quantitative estimate of drug-likeness (QED) is 0.694. The monoisotopic (exact) mass is 200 g/mol. The standard InChI is InChI=1S/C13H12O2/c1-9-4-2-3-5-11(9)10-6-7-12(14)13(15)8-10/h2-8,14-15H,1H3. The second-order valence-electron chi connectivity index (χ2n) is 3.52. The minimum Gasteiger partial charge on any atom is -0.504 e. The highest BCUT2D eigenvalue weighted by molar-refractivity contribution is 5.69. The molecule has 0 saturated carbocycles. The van der Waals surface area contributed by atoms with Crippen molar-refractivity contribution in [1.29, 1.82) is 0 Å². The molecule has 0 radical (unpaired) electrons. The smallest absolute Gasteiger partial charge is 0.158 e. The third-order valence-electron chi connectivity index (χ3n) is 2.43. The molecule has 0 heterocycles. The Bertz CT molecular complexity index is 490. The van der Waals surface area contributed by atoms with Crippen LogP contribution < -0.4 is 0 Å². The van der Waals surface area contributed by atoms with E-state index in [9.17, 15) is 10.2 Å². The highest BCUT2D eigenvalue weighted by atomic mass is 16.3. The maximum atomic E-state index is 9.40. The summed E-state index contributed by atoms with van der Waals surface area (Å²) in [5, 5.41) is 18.6. The van der Waals surface area contributed by atoms with E-state index in [1.54, 1.807) is 12.1 Å². The highest BCUT2D eigenvalue weighted by Gasteiger charge is 2.04. The van der Waals surface area contributed by atoms with E-state index in [-0.39, 0.29) is 11.5 Å². The number of rotatable bonds is 1. The number of aromatic hydroxyl groups is 2. The first-order valence-corrected chi connectivity index (χ1v) is 4.76. The van der Waals surface area contributed by atoms with E-state index >= 15 is 0 Å². The molecule has 0 aromatic heterocycles. The van der Waals surface area contributed by atoms with Crippen LogP contribution in [0.4, 0.5) is 0 Å². The SMILES string of the molecule is Cc1ccccc1-c1ccc(O)c(O)c1. The average molecular weight is 200 g/mol. The van der Waals surface area contributed by atoms with E-state index in [4.69, 9.17) is 0 Å². The van der Waals surface area contributed by atoms with Gasteiger partial charge in [0, 0.05) is 0 Å². The second kappa shape index (κ2) is 3.65. The normalized spacial score (nSPS) is 10.2. The summed E-state index contributed by atoms with van der Waals surface area (Å²) < 4.78 is 0. The van der Waals surface area contributed by atoms with Crippen molar-refractivity contribution in [3.63, 3.8) is 0 Å². The van der Waals surface area contributed by atoms with Crippen molar-refractivity contribution in [3.8, 4) is 22.6 Å². The Morgan fingerprint density at radius 3 is 2.27 bits per heavy atom. The molecular formula is C13H12O2. The summed E-state index contributed by atoms with van der Waals surface area (Å²) in [7, 11) is 0. The molecule has 0 bridgehead atoms. The zero-order valence-electron chi connectivity index (χ0n) is 8.44. The van der Waals surface area contributed by atoms with Gasteiger partial charge in [0.2, 0.25) is 0 Å². The molecule has 0 fully saturated rings. The predicted octanol–water partition coefficient (Wildman–Crippen LogP) is 3.07. The van der Waals surface area contributed by atoms with Gasteiger partial charge in [-0.1, -0.05) is 30.3 Å². The lowest BCUT2D eigenvalue weighted by Gasteiger charge is -2.06. The maximum Gasteiger partial charge on any atom is 0.158 e. The van der Waals surface area contributed by atoms with Crippen LogP contribution in [0.15, 0.2) is 42.5 Å². The molecule has 2 heteroatoms. The van der Waals surface area contributed by atoms with Crippen LogP contribution >= 0.6 is 0 Å². The first-order valence-electron chi connectivity index (χ1n) is 4.76. The second-order valence-corrected chi connectivity index (χ2v) is 3.52.